The van der Waals surface area contributed by atoms with Crippen molar-refractivity contribution in [3.8, 4) is 5.75 Å². The van der Waals surface area contributed by atoms with Gasteiger partial charge in [-0.25, -0.2) is 0 Å². The average molecular weight is 248 g/mol. The quantitative estimate of drug-likeness (QED) is 0.841. The van der Waals surface area contributed by atoms with E-state index in [1.165, 1.54) is 30.4 Å². The number of hydrogen-bond acceptors (Lipinski definition) is 3. The fourth-order valence-corrected chi connectivity index (χ4v) is 3.11. The summed E-state index contributed by atoms with van der Waals surface area (Å²) in [5.74, 6) is 0.958. The Bertz CT molecular complexity index is 407. The van der Waals surface area contributed by atoms with Crippen LogP contribution in [0.5, 0.6) is 5.75 Å². The Morgan fingerprint density at radius 2 is 2.17 bits per heavy atom. The van der Waals surface area contributed by atoms with Crippen LogP contribution in [0.3, 0.4) is 0 Å². The molecule has 0 bridgehead atoms. The maximum Gasteiger partial charge on any atom is 0.123 e. The molecule has 0 spiro atoms. The highest BCUT2D eigenvalue weighted by molar-refractivity contribution is 5.40. The first-order valence-electron chi connectivity index (χ1n) is 6.69. The molecule has 1 atom stereocenters. The van der Waals surface area contributed by atoms with Crippen LogP contribution in [-0.4, -0.2) is 20.7 Å². The minimum Gasteiger partial charge on any atom is -0.496 e. The third-order valence-electron chi connectivity index (χ3n) is 4.35. The molecule has 3 nitrogen and oxygen atoms in total. The Morgan fingerprint density at radius 1 is 1.44 bits per heavy atom. The van der Waals surface area contributed by atoms with E-state index in [1.807, 2.05) is 7.05 Å². The third-order valence-corrected chi connectivity index (χ3v) is 4.35. The lowest BCUT2D eigenvalue weighted by atomic mass is 9.62. The lowest BCUT2D eigenvalue weighted by Crippen LogP contribution is -2.47. The Hall–Kier alpha value is -1.06. The number of nitrogens with one attached hydrogen (secondary N) is 1. The van der Waals surface area contributed by atoms with Crippen LogP contribution in [0.15, 0.2) is 18.2 Å². The summed E-state index contributed by atoms with van der Waals surface area (Å²) in [5, 5.41) is 3.45. The first-order valence-corrected chi connectivity index (χ1v) is 6.69. The zero-order valence-electron chi connectivity index (χ0n) is 11.6. The third kappa shape index (κ3) is 2.13. The molecule has 18 heavy (non-hydrogen) atoms. The van der Waals surface area contributed by atoms with Gasteiger partial charge in [-0.15, -0.1) is 0 Å². The van der Waals surface area contributed by atoms with E-state index in [4.69, 9.17) is 10.5 Å². The number of rotatable bonds is 5. The molecule has 0 aliphatic heterocycles. The summed E-state index contributed by atoms with van der Waals surface area (Å²) in [7, 11) is 3.75. The van der Waals surface area contributed by atoms with Gasteiger partial charge in [0.1, 0.15) is 5.75 Å². The van der Waals surface area contributed by atoms with Crippen LogP contribution < -0.4 is 15.8 Å². The van der Waals surface area contributed by atoms with Crippen molar-refractivity contribution >= 4 is 0 Å². The highest BCUT2D eigenvalue weighted by Gasteiger charge is 2.43. The van der Waals surface area contributed by atoms with Crippen LogP contribution in [0, 0.1) is 12.3 Å². The van der Waals surface area contributed by atoms with Crippen molar-refractivity contribution in [1.29, 1.82) is 0 Å². The summed E-state index contributed by atoms with van der Waals surface area (Å²) >= 11 is 0. The standard InChI is InChI=1S/C15H24N2O/c1-11-5-6-13(18-3)12(9-11)14(17-2)15(10-16)7-4-8-15/h5-6,9,14,17H,4,7-8,10,16H2,1-3H3. The molecule has 1 saturated carbocycles. The molecule has 2 rings (SSSR count). The molecule has 0 radical (unpaired) electrons. The van der Waals surface area contributed by atoms with Gasteiger partial charge >= 0.3 is 0 Å². The van der Waals surface area contributed by atoms with Gasteiger partial charge in [-0.05, 0) is 39.4 Å². The second kappa shape index (κ2) is 5.29. The fraction of sp³-hybridized carbons (Fsp3) is 0.600. The Morgan fingerprint density at radius 3 is 2.61 bits per heavy atom. The van der Waals surface area contributed by atoms with Crippen molar-refractivity contribution in [1.82, 2.24) is 5.32 Å². The molecule has 1 aromatic rings. The Kier molecular flexibility index (Phi) is 3.93. The predicted octanol–water partition coefficient (Wildman–Crippen LogP) is 2.39. The molecule has 1 fully saturated rings. The van der Waals surface area contributed by atoms with Crippen molar-refractivity contribution in [3.05, 3.63) is 29.3 Å². The number of aryl methyl sites for hydroxylation is 1. The molecular weight excluding hydrogens is 224 g/mol. The van der Waals surface area contributed by atoms with Crippen molar-refractivity contribution < 1.29 is 4.74 Å². The van der Waals surface area contributed by atoms with Gasteiger partial charge in [-0.3, -0.25) is 0 Å². The van der Waals surface area contributed by atoms with E-state index >= 15 is 0 Å². The van der Waals surface area contributed by atoms with Gasteiger partial charge in [0.2, 0.25) is 0 Å². The predicted molar refractivity (Wildman–Crippen MR) is 74.9 cm³/mol. The molecule has 0 saturated heterocycles. The van der Waals surface area contributed by atoms with E-state index in [0.717, 1.165) is 12.3 Å². The smallest absolute Gasteiger partial charge is 0.123 e. The molecule has 1 aliphatic rings. The second-order valence-electron chi connectivity index (χ2n) is 5.39. The molecule has 0 aromatic heterocycles. The van der Waals surface area contributed by atoms with E-state index in [0.29, 0.717) is 0 Å². The van der Waals surface area contributed by atoms with E-state index < -0.39 is 0 Å². The summed E-state index contributed by atoms with van der Waals surface area (Å²) < 4.78 is 5.51. The van der Waals surface area contributed by atoms with Crippen LogP contribution in [0.1, 0.15) is 36.4 Å². The Labute approximate surface area is 110 Å². The molecule has 100 valence electrons. The SMILES string of the molecule is CNC(c1cc(C)ccc1OC)C1(CN)CCC1. The van der Waals surface area contributed by atoms with Crippen LogP contribution in [0.25, 0.3) is 0 Å². The molecule has 0 amide bonds. The Balaban J connectivity index is 2.40. The number of methoxy groups -OCH3 is 1. The van der Waals surface area contributed by atoms with Gasteiger partial charge in [0.15, 0.2) is 0 Å². The van der Waals surface area contributed by atoms with Crippen LogP contribution in [-0.2, 0) is 0 Å². The molecule has 1 aromatic carbocycles. The van der Waals surface area contributed by atoms with Gasteiger partial charge in [-0.1, -0.05) is 24.1 Å². The van der Waals surface area contributed by atoms with Gasteiger partial charge < -0.3 is 15.8 Å². The number of nitrogens with two attached hydrogens (primary N) is 1. The lowest BCUT2D eigenvalue weighted by Gasteiger charge is -2.47. The number of hydrogen-bond donors (Lipinski definition) is 2. The van der Waals surface area contributed by atoms with E-state index in [1.54, 1.807) is 7.11 Å². The summed E-state index contributed by atoms with van der Waals surface area (Å²) in [4.78, 5) is 0. The average Bonchev–Trinajstić information content (AvgIpc) is 2.33. The topological polar surface area (TPSA) is 47.3 Å². The molecule has 3 heteroatoms. The highest BCUT2D eigenvalue weighted by Crippen LogP contribution is 2.50. The summed E-state index contributed by atoms with van der Waals surface area (Å²) in [6.07, 6.45) is 3.68. The van der Waals surface area contributed by atoms with Crippen LogP contribution >= 0.6 is 0 Å². The molecule has 0 heterocycles. The minimum absolute atomic E-state index is 0.204. The highest BCUT2D eigenvalue weighted by atomic mass is 16.5. The summed E-state index contributed by atoms with van der Waals surface area (Å²) in [6.45, 7) is 2.85. The van der Waals surface area contributed by atoms with Crippen molar-refractivity contribution in [2.24, 2.45) is 11.1 Å². The monoisotopic (exact) mass is 248 g/mol. The van der Waals surface area contributed by atoms with Gasteiger partial charge in [-0.2, -0.15) is 0 Å². The number of benzene rings is 1. The van der Waals surface area contributed by atoms with Crippen molar-refractivity contribution in [2.45, 2.75) is 32.2 Å². The summed E-state index contributed by atoms with van der Waals surface area (Å²) in [5.41, 5.74) is 8.74. The van der Waals surface area contributed by atoms with E-state index in [9.17, 15) is 0 Å². The maximum absolute atomic E-state index is 6.03. The lowest BCUT2D eigenvalue weighted by molar-refractivity contribution is 0.0865. The molecule has 1 aliphatic carbocycles. The first-order chi connectivity index (χ1) is 8.66. The van der Waals surface area contributed by atoms with Crippen molar-refractivity contribution in [2.75, 3.05) is 20.7 Å². The normalized spacial score (nSPS) is 19.1. The molecular formula is C15H24N2O. The zero-order chi connectivity index (χ0) is 13.2. The molecule has 3 N–H and O–H groups in total. The minimum atomic E-state index is 0.204. The van der Waals surface area contributed by atoms with E-state index in [2.05, 4.69) is 30.4 Å². The summed E-state index contributed by atoms with van der Waals surface area (Å²) in [6, 6.07) is 6.64. The van der Waals surface area contributed by atoms with Crippen LogP contribution in [0.4, 0.5) is 0 Å². The van der Waals surface area contributed by atoms with Crippen molar-refractivity contribution in [3.63, 3.8) is 0 Å². The van der Waals surface area contributed by atoms with Gasteiger partial charge in [0.25, 0.3) is 0 Å². The maximum atomic E-state index is 6.03. The zero-order valence-corrected chi connectivity index (χ0v) is 11.6. The van der Waals surface area contributed by atoms with Gasteiger partial charge in [0, 0.05) is 17.0 Å². The second-order valence-corrected chi connectivity index (χ2v) is 5.39. The van der Waals surface area contributed by atoms with Crippen LogP contribution in [0.2, 0.25) is 0 Å². The fourth-order valence-electron chi connectivity index (χ4n) is 3.11. The van der Waals surface area contributed by atoms with Gasteiger partial charge in [0.05, 0.1) is 7.11 Å². The first kappa shape index (κ1) is 13.4. The molecule has 1 unspecified atom stereocenters. The number of ether oxygens (including phenoxy) is 1. The van der Waals surface area contributed by atoms with E-state index in [-0.39, 0.29) is 11.5 Å². The largest absolute Gasteiger partial charge is 0.496 e.